The van der Waals surface area contributed by atoms with Crippen molar-refractivity contribution in [1.29, 1.82) is 0 Å². The third-order valence-corrected chi connectivity index (χ3v) is 4.64. The van der Waals surface area contributed by atoms with Gasteiger partial charge in [0.15, 0.2) is 11.7 Å². The fraction of sp³-hybridized carbons (Fsp3) is 0.333. The maximum absolute atomic E-state index is 12.3. The van der Waals surface area contributed by atoms with Crippen LogP contribution in [0.1, 0.15) is 16.1 Å². The van der Waals surface area contributed by atoms with Crippen LogP contribution in [-0.4, -0.2) is 54.9 Å². The molecule has 1 aromatic heterocycles. The maximum atomic E-state index is 12.3. The van der Waals surface area contributed by atoms with E-state index in [1.165, 1.54) is 11.8 Å². The second kappa shape index (κ2) is 8.20. The standard InChI is InChI=1S/C18H21BrN4O2/c1-20-18(21-13-14-4-2-5-15(19)12-14)23-9-7-22(8-10-23)17(24)16-6-3-11-25-16/h2-6,11-12H,7-10,13H2,1H3,(H,20,21). The van der Waals surface area contributed by atoms with E-state index in [-0.39, 0.29) is 5.91 Å². The van der Waals surface area contributed by atoms with E-state index in [9.17, 15) is 4.79 Å². The molecule has 7 heteroatoms. The summed E-state index contributed by atoms with van der Waals surface area (Å²) in [4.78, 5) is 20.7. The van der Waals surface area contributed by atoms with Crippen molar-refractivity contribution in [3.05, 3.63) is 58.5 Å². The fourth-order valence-corrected chi connectivity index (χ4v) is 3.28. The Balaban J connectivity index is 1.53. The van der Waals surface area contributed by atoms with Gasteiger partial charge in [0.2, 0.25) is 0 Å². The minimum Gasteiger partial charge on any atom is -0.459 e. The van der Waals surface area contributed by atoms with E-state index >= 15 is 0 Å². The molecule has 0 atom stereocenters. The number of guanidine groups is 1. The third-order valence-electron chi connectivity index (χ3n) is 4.15. The highest BCUT2D eigenvalue weighted by molar-refractivity contribution is 9.10. The average Bonchev–Trinajstić information content (AvgIpc) is 3.17. The number of carbonyl (C=O) groups excluding carboxylic acids is 1. The van der Waals surface area contributed by atoms with E-state index < -0.39 is 0 Å². The van der Waals surface area contributed by atoms with E-state index in [1.807, 2.05) is 17.0 Å². The quantitative estimate of drug-likeness (QED) is 0.630. The van der Waals surface area contributed by atoms with E-state index in [4.69, 9.17) is 4.42 Å². The first-order chi connectivity index (χ1) is 12.2. The monoisotopic (exact) mass is 404 g/mol. The molecule has 1 aliphatic rings. The van der Waals surface area contributed by atoms with Crippen molar-refractivity contribution in [2.45, 2.75) is 6.54 Å². The van der Waals surface area contributed by atoms with E-state index in [0.29, 0.717) is 25.4 Å². The number of halogens is 1. The van der Waals surface area contributed by atoms with Gasteiger partial charge in [-0.1, -0.05) is 28.1 Å². The van der Waals surface area contributed by atoms with Crippen LogP contribution in [0.3, 0.4) is 0 Å². The summed E-state index contributed by atoms with van der Waals surface area (Å²) in [5.74, 6) is 1.19. The smallest absolute Gasteiger partial charge is 0.289 e. The Bertz CT molecular complexity index is 737. The van der Waals surface area contributed by atoms with E-state index in [1.54, 1.807) is 19.2 Å². The van der Waals surface area contributed by atoms with Gasteiger partial charge in [-0.15, -0.1) is 0 Å². The molecule has 6 nitrogen and oxygen atoms in total. The molecule has 1 aromatic carbocycles. The Labute approximate surface area is 155 Å². The summed E-state index contributed by atoms with van der Waals surface area (Å²) < 4.78 is 6.26. The maximum Gasteiger partial charge on any atom is 0.289 e. The molecule has 2 aromatic rings. The van der Waals surface area contributed by atoms with Crippen LogP contribution in [0.15, 0.2) is 56.5 Å². The zero-order valence-electron chi connectivity index (χ0n) is 14.1. The highest BCUT2D eigenvalue weighted by Crippen LogP contribution is 2.12. The minimum absolute atomic E-state index is 0.0540. The molecule has 1 N–H and O–H groups in total. The molecular formula is C18H21BrN4O2. The molecule has 0 spiro atoms. The van der Waals surface area contributed by atoms with Gasteiger partial charge < -0.3 is 19.5 Å². The Kier molecular flexibility index (Phi) is 5.75. The number of rotatable bonds is 3. The Morgan fingerprint density at radius 2 is 1.96 bits per heavy atom. The van der Waals surface area contributed by atoms with Crippen LogP contribution in [0.2, 0.25) is 0 Å². The van der Waals surface area contributed by atoms with Crippen molar-refractivity contribution in [1.82, 2.24) is 15.1 Å². The van der Waals surface area contributed by atoms with Gasteiger partial charge in [0.1, 0.15) is 0 Å². The van der Waals surface area contributed by atoms with E-state index in [0.717, 1.165) is 23.5 Å². The van der Waals surface area contributed by atoms with Gasteiger partial charge >= 0.3 is 0 Å². The Morgan fingerprint density at radius 3 is 2.60 bits per heavy atom. The van der Waals surface area contributed by atoms with Gasteiger partial charge in [-0.2, -0.15) is 0 Å². The van der Waals surface area contributed by atoms with Crippen LogP contribution < -0.4 is 5.32 Å². The molecule has 0 saturated carbocycles. The van der Waals surface area contributed by atoms with Gasteiger partial charge in [-0.25, -0.2) is 0 Å². The van der Waals surface area contributed by atoms with Gasteiger partial charge in [0.05, 0.1) is 6.26 Å². The summed E-state index contributed by atoms with van der Waals surface area (Å²) in [5, 5.41) is 3.39. The van der Waals surface area contributed by atoms with Crippen molar-refractivity contribution in [2.75, 3.05) is 33.2 Å². The van der Waals surface area contributed by atoms with Crippen molar-refractivity contribution < 1.29 is 9.21 Å². The van der Waals surface area contributed by atoms with Crippen LogP contribution >= 0.6 is 15.9 Å². The third kappa shape index (κ3) is 4.42. The Hall–Kier alpha value is -2.28. The second-order valence-electron chi connectivity index (χ2n) is 5.79. The molecule has 0 aliphatic carbocycles. The number of hydrogen-bond acceptors (Lipinski definition) is 3. The molecule has 0 bridgehead atoms. The number of piperazine rings is 1. The molecule has 1 saturated heterocycles. The number of benzene rings is 1. The molecule has 0 radical (unpaired) electrons. The minimum atomic E-state index is -0.0540. The second-order valence-corrected chi connectivity index (χ2v) is 6.70. The van der Waals surface area contributed by atoms with Crippen LogP contribution in [0, 0.1) is 0 Å². The first kappa shape index (κ1) is 17.5. The zero-order valence-corrected chi connectivity index (χ0v) is 15.7. The van der Waals surface area contributed by atoms with Crippen LogP contribution in [0.4, 0.5) is 0 Å². The molecule has 2 heterocycles. The fourth-order valence-electron chi connectivity index (χ4n) is 2.84. The molecular weight excluding hydrogens is 384 g/mol. The molecule has 1 amide bonds. The van der Waals surface area contributed by atoms with Crippen molar-refractivity contribution in [2.24, 2.45) is 4.99 Å². The van der Waals surface area contributed by atoms with Crippen LogP contribution in [0.25, 0.3) is 0 Å². The molecule has 1 aliphatic heterocycles. The van der Waals surface area contributed by atoms with Gasteiger partial charge in [-0.05, 0) is 29.8 Å². The summed E-state index contributed by atoms with van der Waals surface area (Å²) in [7, 11) is 1.78. The lowest BCUT2D eigenvalue weighted by molar-refractivity contribution is 0.0657. The number of furan rings is 1. The van der Waals surface area contributed by atoms with E-state index in [2.05, 4.69) is 43.3 Å². The van der Waals surface area contributed by atoms with Crippen molar-refractivity contribution >= 4 is 27.8 Å². The number of aliphatic imine (C=N–C) groups is 1. The molecule has 1 fully saturated rings. The zero-order chi connectivity index (χ0) is 17.6. The predicted octanol–water partition coefficient (Wildman–Crippen LogP) is 2.58. The lowest BCUT2D eigenvalue weighted by atomic mass is 10.2. The Morgan fingerprint density at radius 1 is 1.20 bits per heavy atom. The van der Waals surface area contributed by atoms with Gasteiger partial charge in [0, 0.05) is 44.2 Å². The number of nitrogens with one attached hydrogen (secondary N) is 1. The number of amides is 1. The van der Waals surface area contributed by atoms with Crippen molar-refractivity contribution in [3.8, 4) is 0 Å². The highest BCUT2D eigenvalue weighted by Gasteiger charge is 2.25. The number of nitrogens with zero attached hydrogens (tertiary/aromatic N) is 3. The first-order valence-electron chi connectivity index (χ1n) is 8.20. The van der Waals surface area contributed by atoms with Crippen molar-refractivity contribution in [3.63, 3.8) is 0 Å². The van der Waals surface area contributed by atoms with Crippen LogP contribution in [0.5, 0.6) is 0 Å². The predicted molar refractivity (Wildman–Crippen MR) is 101 cm³/mol. The lowest BCUT2D eigenvalue weighted by Gasteiger charge is -2.36. The summed E-state index contributed by atoms with van der Waals surface area (Å²) in [6.07, 6.45) is 1.52. The normalized spacial score (nSPS) is 15.4. The summed E-state index contributed by atoms with van der Waals surface area (Å²) in [5.41, 5.74) is 1.18. The molecule has 0 unspecified atom stereocenters. The molecule has 3 rings (SSSR count). The molecule has 132 valence electrons. The topological polar surface area (TPSA) is 61.1 Å². The lowest BCUT2D eigenvalue weighted by Crippen LogP contribution is -2.53. The SMILES string of the molecule is CN=C(NCc1cccc(Br)c1)N1CCN(C(=O)c2ccco2)CC1. The first-order valence-corrected chi connectivity index (χ1v) is 8.99. The van der Waals surface area contributed by atoms with Gasteiger partial charge in [-0.3, -0.25) is 9.79 Å². The average molecular weight is 405 g/mol. The summed E-state index contributed by atoms with van der Waals surface area (Å²) in [6.45, 7) is 3.49. The number of carbonyl (C=O) groups is 1. The summed E-state index contributed by atoms with van der Waals surface area (Å²) >= 11 is 3.49. The molecule has 25 heavy (non-hydrogen) atoms. The largest absolute Gasteiger partial charge is 0.459 e. The van der Waals surface area contributed by atoms with Crippen LogP contribution in [-0.2, 0) is 6.54 Å². The summed E-state index contributed by atoms with van der Waals surface area (Å²) in [6, 6.07) is 11.6. The highest BCUT2D eigenvalue weighted by atomic mass is 79.9. The van der Waals surface area contributed by atoms with Gasteiger partial charge in [0.25, 0.3) is 5.91 Å². The number of hydrogen-bond donors (Lipinski definition) is 1.